The molecule has 0 bridgehead atoms. The summed E-state index contributed by atoms with van der Waals surface area (Å²) in [5, 5.41) is 0. The van der Waals surface area contributed by atoms with Crippen LogP contribution in [0.15, 0.2) is 0 Å². The zero-order chi connectivity index (χ0) is 7.00. The maximum Gasteiger partial charge on any atom is 2.00 e. The molecule has 5 heteroatoms. The van der Waals surface area contributed by atoms with Crippen molar-refractivity contribution in [2.45, 2.75) is 20.0 Å². The van der Waals surface area contributed by atoms with Gasteiger partial charge in [-0.25, -0.2) is 0 Å². The second-order valence-corrected chi connectivity index (χ2v) is 2.38. The van der Waals surface area contributed by atoms with Gasteiger partial charge in [-0.05, 0) is 0 Å². The van der Waals surface area contributed by atoms with Crippen LogP contribution >= 0.6 is 0 Å². The molecule has 0 spiro atoms. The fraction of sp³-hybridized carbons (Fsp3) is 0.800. The van der Waals surface area contributed by atoms with Crippen molar-refractivity contribution < 1.29 is 30.2 Å². The van der Waals surface area contributed by atoms with Crippen LogP contribution < -0.4 is 17.0 Å². The first-order valence-electron chi connectivity index (χ1n) is 2.17. The van der Waals surface area contributed by atoms with E-state index in [0.717, 1.165) is 13.8 Å². The normalized spacial score (nSPS) is 11.4. The minimum atomic E-state index is -4.17. The molecule has 0 atom stereocenters. The monoisotopic (exact) mass is 228 g/mol. The van der Waals surface area contributed by atoms with E-state index >= 15 is 0 Å². The van der Waals surface area contributed by atoms with E-state index in [4.69, 9.17) is 0 Å². The largest absolute Gasteiger partial charge is 2.00 e. The van der Waals surface area contributed by atoms with Crippen molar-refractivity contribution in [2.24, 2.45) is 5.41 Å². The van der Waals surface area contributed by atoms with Crippen molar-refractivity contribution in [1.29, 1.82) is 0 Å². The molecule has 0 rings (SSSR count). The van der Waals surface area contributed by atoms with E-state index in [1.807, 2.05) is 0 Å². The molecule has 0 aromatic rings. The molecule has 0 amide bonds. The summed E-state index contributed by atoms with van der Waals surface area (Å²) in [6.07, 6.45) is -4.17. The van der Waals surface area contributed by atoms with E-state index in [1.54, 1.807) is 0 Å². The van der Waals surface area contributed by atoms with Gasteiger partial charge in [-0.2, -0.15) is 13.2 Å². The van der Waals surface area contributed by atoms with Crippen LogP contribution in [0.1, 0.15) is 13.8 Å². The summed E-state index contributed by atoms with van der Waals surface area (Å²) in [5.41, 5.74) is -1.81. The van der Waals surface area contributed by atoms with Crippen LogP contribution in [0.5, 0.6) is 0 Å². The van der Waals surface area contributed by atoms with E-state index in [2.05, 4.69) is 6.92 Å². The molecule has 0 aromatic carbocycles. The second-order valence-electron chi connectivity index (χ2n) is 2.38. The third-order valence-corrected chi connectivity index (χ3v) is 0.767. The van der Waals surface area contributed by atoms with E-state index in [1.165, 1.54) is 0 Å². The smallest absolute Gasteiger partial charge is 1.00 e. The summed E-state index contributed by atoms with van der Waals surface area (Å²) < 4.78 is 34.5. The molecule has 0 aliphatic heterocycles. The predicted molar refractivity (Wildman–Crippen MR) is 30.9 cm³/mol. The molecule has 0 aromatic heterocycles. The molecular weight excluding hydrogens is 221 g/mol. The van der Waals surface area contributed by atoms with Gasteiger partial charge in [0.25, 0.3) is 0 Å². The van der Waals surface area contributed by atoms with E-state index in [9.17, 15) is 13.2 Å². The Labute approximate surface area is 85.5 Å². The standard InChI is InChI=1S/C5H8F3.BrH.Mg/c1-4(2,3)5(6,7)8;;/h1H2,2-3H3;1H;/q-1;;+2/p-1. The number of hydrogen-bond donors (Lipinski definition) is 0. The average Bonchev–Trinajstić information content (AvgIpc) is 1.25. The van der Waals surface area contributed by atoms with Crippen LogP contribution in [-0.2, 0) is 0 Å². The molecule has 0 N–H and O–H groups in total. The van der Waals surface area contributed by atoms with Gasteiger partial charge < -0.3 is 23.9 Å². The molecule has 0 nitrogen and oxygen atoms in total. The molecule has 0 radical (unpaired) electrons. The SMILES string of the molecule is [Br-].[CH2-]C(C)(C)C(F)(F)F.[Mg+2]. The topological polar surface area (TPSA) is 0 Å². The Balaban J connectivity index is -0.000000245. The predicted octanol–water partition coefficient (Wildman–Crippen LogP) is -0.968. The Morgan fingerprint density at radius 2 is 1.20 bits per heavy atom. The van der Waals surface area contributed by atoms with Crippen LogP contribution in [0.3, 0.4) is 0 Å². The first-order valence-corrected chi connectivity index (χ1v) is 2.17. The van der Waals surface area contributed by atoms with E-state index in [-0.39, 0.29) is 40.0 Å². The molecule has 0 aliphatic carbocycles. The molecule has 0 heterocycles. The van der Waals surface area contributed by atoms with Crippen molar-refractivity contribution in [3.63, 3.8) is 0 Å². The van der Waals surface area contributed by atoms with E-state index in [0.29, 0.717) is 0 Å². The maximum atomic E-state index is 11.5. The Kier molecular flexibility index (Phi) is 8.30. The number of alkyl halides is 3. The summed E-state index contributed by atoms with van der Waals surface area (Å²) >= 11 is 0. The molecular formula is C5H8BrF3Mg. The Hall–Kier alpha value is 1.04. The third-order valence-electron chi connectivity index (χ3n) is 0.767. The van der Waals surface area contributed by atoms with Gasteiger partial charge >= 0.3 is 29.2 Å². The minimum absolute atomic E-state index is 0. The van der Waals surface area contributed by atoms with Crippen LogP contribution in [0, 0.1) is 12.3 Å². The fourth-order valence-electron chi connectivity index (χ4n) is 0. The van der Waals surface area contributed by atoms with Crippen molar-refractivity contribution in [1.82, 2.24) is 0 Å². The molecule has 10 heavy (non-hydrogen) atoms. The van der Waals surface area contributed by atoms with Crippen molar-refractivity contribution in [3.05, 3.63) is 6.92 Å². The first kappa shape index (κ1) is 17.2. The van der Waals surface area contributed by atoms with Crippen molar-refractivity contribution >= 4 is 23.1 Å². The van der Waals surface area contributed by atoms with Crippen molar-refractivity contribution in [2.75, 3.05) is 0 Å². The van der Waals surface area contributed by atoms with Gasteiger partial charge in [0.2, 0.25) is 0 Å². The number of rotatable bonds is 0. The second kappa shape index (κ2) is 4.82. The van der Waals surface area contributed by atoms with Gasteiger partial charge in [0.1, 0.15) is 0 Å². The fourth-order valence-corrected chi connectivity index (χ4v) is 0. The van der Waals surface area contributed by atoms with Crippen molar-refractivity contribution in [3.8, 4) is 0 Å². The quantitative estimate of drug-likeness (QED) is 0.370. The van der Waals surface area contributed by atoms with Gasteiger partial charge in [0.15, 0.2) is 0 Å². The molecule has 0 unspecified atom stereocenters. The first-order chi connectivity index (χ1) is 3.25. The zero-order valence-electron chi connectivity index (χ0n) is 5.93. The van der Waals surface area contributed by atoms with Crippen LogP contribution in [0.2, 0.25) is 0 Å². The summed E-state index contributed by atoms with van der Waals surface area (Å²) in [6, 6.07) is 0. The van der Waals surface area contributed by atoms with Crippen LogP contribution in [-0.4, -0.2) is 29.2 Å². The molecule has 0 saturated carbocycles. The summed E-state index contributed by atoms with van der Waals surface area (Å²) in [7, 11) is 0. The van der Waals surface area contributed by atoms with Crippen LogP contribution in [0.25, 0.3) is 0 Å². The van der Waals surface area contributed by atoms with Gasteiger partial charge in [-0.15, -0.1) is 0 Å². The van der Waals surface area contributed by atoms with Crippen LogP contribution in [0.4, 0.5) is 13.2 Å². The zero-order valence-corrected chi connectivity index (χ0v) is 8.93. The summed E-state index contributed by atoms with van der Waals surface area (Å²) in [5.74, 6) is 0. The molecule has 0 aliphatic rings. The summed E-state index contributed by atoms with van der Waals surface area (Å²) in [4.78, 5) is 0. The van der Waals surface area contributed by atoms with Gasteiger partial charge in [-0.3, -0.25) is 0 Å². The molecule has 0 fully saturated rings. The van der Waals surface area contributed by atoms with Gasteiger partial charge in [0.05, 0.1) is 0 Å². The summed E-state index contributed by atoms with van der Waals surface area (Å²) in [6.45, 7) is 4.99. The Morgan fingerprint density at radius 1 is 1.10 bits per heavy atom. The number of hydrogen-bond acceptors (Lipinski definition) is 0. The minimum Gasteiger partial charge on any atom is -1.00 e. The molecule has 58 valence electrons. The Bertz CT molecular complexity index is 71.9. The third kappa shape index (κ3) is 5.79. The Morgan fingerprint density at radius 3 is 1.20 bits per heavy atom. The van der Waals surface area contributed by atoms with Gasteiger partial charge in [-0.1, -0.05) is 19.3 Å². The maximum absolute atomic E-state index is 11.5. The van der Waals surface area contributed by atoms with Gasteiger partial charge in [0, 0.05) is 0 Å². The number of halogens is 4. The van der Waals surface area contributed by atoms with E-state index < -0.39 is 11.6 Å². The molecule has 0 saturated heterocycles. The average molecular weight is 229 g/mol.